The van der Waals surface area contributed by atoms with Gasteiger partial charge < -0.3 is 0 Å². The molecule has 2 aliphatic heterocycles. The number of fused-ring (bicyclic) bond motifs is 4. The molecule has 1 saturated carbocycles. The molecule has 4 heterocycles. The van der Waals surface area contributed by atoms with Gasteiger partial charge in [-0.3, -0.25) is 4.79 Å². The predicted octanol–water partition coefficient (Wildman–Crippen LogP) is 8.63. The minimum absolute atomic E-state index is 0.0128. The minimum Gasteiger partial charge on any atom is -0.287 e. The van der Waals surface area contributed by atoms with Gasteiger partial charge in [-0.1, -0.05) is 6.07 Å². The molecule has 0 amide bonds. The highest BCUT2D eigenvalue weighted by molar-refractivity contribution is 8.15. The molecule has 0 N–H and O–H groups in total. The van der Waals surface area contributed by atoms with Crippen molar-refractivity contribution >= 4 is 72.9 Å². The molecular weight excluding hydrogens is 477 g/mol. The molecule has 0 unspecified atom stereocenters. The van der Waals surface area contributed by atoms with Gasteiger partial charge >= 0.3 is 0 Å². The number of carbonyl (C=O) groups is 1. The van der Waals surface area contributed by atoms with E-state index in [2.05, 4.69) is 67.4 Å². The van der Waals surface area contributed by atoms with Crippen LogP contribution in [0, 0.1) is 0 Å². The van der Waals surface area contributed by atoms with Crippen molar-refractivity contribution in [2.75, 3.05) is 0 Å². The SMILES string of the molecule is CC(=O)Sc1ccc(C2=CC3=C4CCCC4=C4C=C(c5cccs5)S[C@@]4(C)[C@]3(C)S2)s1. The molecule has 6 rings (SSSR count). The summed E-state index contributed by atoms with van der Waals surface area (Å²) >= 11 is 9.05. The average Bonchev–Trinajstić information content (AvgIpc) is 3.51. The maximum atomic E-state index is 11.5. The molecule has 4 aliphatic rings. The Bertz CT molecular complexity index is 1240. The fraction of sp³-hybridized carbons (Fsp3) is 0.320. The largest absolute Gasteiger partial charge is 0.287 e. The first-order valence-electron chi connectivity index (χ1n) is 10.5. The molecule has 158 valence electrons. The highest BCUT2D eigenvalue weighted by Crippen LogP contribution is 2.70. The van der Waals surface area contributed by atoms with Gasteiger partial charge in [-0.2, -0.15) is 0 Å². The summed E-state index contributed by atoms with van der Waals surface area (Å²) in [5, 5.41) is 2.33. The van der Waals surface area contributed by atoms with E-state index < -0.39 is 0 Å². The molecule has 0 bridgehead atoms. The Balaban J connectivity index is 1.45. The Kier molecular flexibility index (Phi) is 4.86. The highest BCUT2D eigenvalue weighted by atomic mass is 32.2. The number of hydrogen-bond donors (Lipinski definition) is 0. The molecule has 1 fully saturated rings. The van der Waals surface area contributed by atoms with E-state index in [1.165, 1.54) is 50.6 Å². The quantitative estimate of drug-likeness (QED) is 0.394. The number of thioether (sulfide) groups is 3. The van der Waals surface area contributed by atoms with Gasteiger partial charge in [0.2, 0.25) is 0 Å². The van der Waals surface area contributed by atoms with E-state index in [-0.39, 0.29) is 14.6 Å². The molecular formula is C25H22OS5. The lowest BCUT2D eigenvalue weighted by molar-refractivity contribution is -0.109. The normalized spacial score (nSPS) is 29.1. The molecule has 0 saturated heterocycles. The Labute approximate surface area is 204 Å². The number of hydrogen-bond acceptors (Lipinski definition) is 6. The third-order valence-corrected chi connectivity index (χ3v) is 13.3. The standard InChI is InChI=1S/C25H22OS5/c1-14(26)28-23-10-9-20(29-23)22-13-18-16-7-4-6-15(16)17-12-21(19-8-5-11-27-19)30-24(17,2)25(18,3)31-22/h5,8-13H,4,6-7H2,1-3H3/t24-,25-/m1/s1. The summed E-state index contributed by atoms with van der Waals surface area (Å²) in [6.45, 7) is 6.58. The third-order valence-electron chi connectivity index (χ3n) is 6.82. The first-order chi connectivity index (χ1) is 14.9. The van der Waals surface area contributed by atoms with Crippen molar-refractivity contribution < 1.29 is 4.79 Å². The number of allylic oxidation sites excluding steroid dienone is 4. The van der Waals surface area contributed by atoms with Crippen LogP contribution in [0.4, 0.5) is 0 Å². The molecule has 1 nitrogen and oxygen atoms in total. The van der Waals surface area contributed by atoms with Crippen LogP contribution in [0.15, 0.2) is 68.3 Å². The lowest BCUT2D eigenvalue weighted by Crippen LogP contribution is -2.47. The summed E-state index contributed by atoms with van der Waals surface area (Å²) in [7, 11) is 0. The van der Waals surface area contributed by atoms with E-state index in [4.69, 9.17) is 0 Å². The van der Waals surface area contributed by atoms with Gasteiger partial charge in [-0.05, 0) is 103 Å². The number of thiophene rings is 2. The van der Waals surface area contributed by atoms with Crippen LogP contribution in [0.25, 0.3) is 9.81 Å². The topological polar surface area (TPSA) is 17.1 Å². The maximum Gasteiger partial charge on any atom is 0.191 e. The van der Waals surface area contributed by atoms with Gasteiger partial charge in [-0.25, -0.2) is 0 Å². The van der Waals surface area contributed by atoms with E-state index in [1.54, 1.807) is 40.6 Å². The van der Waals surface area contributed by atoms with Crippen LogP contribution in [0.5, 0.6) is 0 Å². The molecule has 2 aliphatic carbocycles. The van der Waals surface area contributed by atoms with Crippen molar-refractivity contribution in [3.05, 3.63) is 73.8 Å². The van der Waals surface area contributed by atoms with Gasteiger partial charge in [0.1, 0.15) is 0 Å². The van der Waals surface area contributed by atoms with Crippen LogP contribution < -0.4 is 0 Å². The number of carbonyl (C=O) groups excluding carboxylic acids is 1. The third kappa shape index (κ3) is 3.02. The Hall–Kier alpha value is -0.920. The smallest absolute Gasteiger partial charge is 0.191 e. The van der Waals surface area contributed by atoms with E-state index in [9.17, 15) is 4.79 Å². The minimum atomic E-state index is 0.0128. The van der Waals surface area contributed by atoms with Crippen LogP contribution in [-0.2, 0) is 4.79 Å². The maximum absolute atomic E-state index is 11.5. The molecule has 6 heteroatoms. The molecule has 2 aromatic rings. The first-order valence-corrected chi connectivity index (χ1v) is 14.7. The van der Waals surface area contributed by atoms with E-state index in [1.807, 2.05) is 23.1 Å². The lowest BCUT2D eigenvalue weighted by Gasteiger charge is -2.47. The summed E-state index contributed by atoms with van der Waals surface area (Å²) in [6.07, 6.45) is 8.66. The Morgan fingerprint density at radius 3 is 2.16 bits per heavy atom. The summed E-state index contributed by atoms with van der Waals surface area (Å²) in [4.78, 5) is 17.0. The average molecular weight is 499 g/mol. The van der Waals surface area contributed by atoms with Gasteiger partial charge in [-0.15, -0.1) is 46.2 Å². The van der Waals surface area contributed by atoms with Crippen LogP contribution in [-0.4, -0.2) is 14.6 Å². The van der Waals surface area contributed by atoms with Crippen LogP contribution in [0.1, 0.15) is 49.8 Å². The summed E-state index contributed by atoms with van der Waals surface area (Å²) in [5.74, 6) is 0. The van der Waals surface area contributed by atoms with Crippen molar-refractivity contribution in [1.29, 1.82) is 0 Å². The Morgan fingerprint density at radius 1 is 0.935 bits per heavy atom. The lowest BCUT2D eigenvalue weighted by atomic mass is 9.72. The van der Waals surface area contributed by atoms with Crippen molar-refractivity contribution in [3.8, 4) is 0 Å². The second kappa shape index (κ2) is 7.29. The van der Waals surface area contributed by atoms with Crippen LogP contribution in [0.3, 0.4) is 0 Å². The molecule has 31 heavy (non-hydrogen) atoms. The van der Waals surface area contributed by atoms with Gasteiger partial charge in [0, 0.05) is 26.5 Å². The highest BCUT2D eigenvalue weighted by Gasteiger charge is 2.59. The zero-order valence-corrected chi connectivity index (χ0v) is 21.7. The summed E-state index contributed by atoms with van der Waals surface area (Å²) in [5.41, 5.74) is 6.34. The first kappa shape index (κ1) is 20.7. The molecule has 0 aromatic carbocycles. The van der Waals surface area contributed by atoms with E-state index >= 15 is 0 Å². The molecule has 2 atom stereocenters. The monoisotopic (exact) mass is 498 g/mol. The van der Waals surface area contributed by atoms with Crippen LogP contribution >= 0.6 is 58.0 Å². The second-order valence-corrected chi connectivity index (χ2v) is 15.0. The molecule has 0 radical (unpaired) electrons. The van der Waals surface area contributed by atoms with Crippen molar-refractivity contribution in [1.82, 2.24) is 0 Å². The van der Waals surface area contributed by atoms with Crippen molar-refractivity contribution in [2.24, 2.45) is 0 Å². The van der Waals surface area contributed by atoms with Gasteiger partial charge in [0.05, 0.1) is 13.7 Å². The fourth-order valence-corrected chi connectivity index (χ4v) is 11.3. The van der Waals surface area contributed by atoms with E-state index in [0.29, 0.717) is 0 Å². The van der Waals surface area contributed by atoms with Crippen molar-refractivity contribution in [2.45, 2.75) is 53.7 Å². The van der Waals surface area contributed by atoms with Gasteiger partial charge in [0.15, 0.2) is 5.12 Å². The zero-order valence-electron chi connectivity index (χ0n) is 17.6. The van der Waals surface area contributed by atoms with Crippen molar-refractivity contribution in [3.63, 3.8) is 0 Å². The Morgan fingerprint density at radius 2 is 1.58 bits per heavy atom. The predicted molar refractivity (Wildman–Crippen MR) is 141 cm³/mol. The zero-order chi connectivity index (χ0) is 21.4. The van der Waals surface area contributed by atoms with Gasteiger partial charge in [0.25, 0.3) is 0 Å². The van der Waals surface area contributed by atoms with Crippen LogP contribution in [0.2, 0.25) is 0 Å². The van der Waals surface area contributed by atoms with E-state index in [0.717, 1.165) is 4.21 Å². The fourth-order valence-electron chi connectivity index (χ4n) is 5.25. The number of rotatable bonds is 3. The molecule has 2 aromatic heterocycles. The summed E-state index contributed by atoms with van der Waals surface area (Å²) in [6, 6.07) is 8.72. The second-order valence-electron chi connectivity index (χ2n) is 8.62. The summed E-state index contributed by atoms with van der Waals surface area (Å²) < 4.78 is 1.13. The molecule has 0 spiro atoms.